The van der Waals surface area contributed by atoms with E-state index in [1.165, 1.54) is 30.3 Å². The SMILES string of the molecule is C=CC[N+](C)(C/C=C/C(N)=O)CC1=C(C(=O)[O-])N2C(=O)[C@@H](NC(=O)/C(=N\OC)c3csc(N)n3)[C@H]2SC1. The number of nitrogens with one attached hydrogen (secondary N) is 1. The van der Waals surface area contributed by atoms with Crippen molar-refractivity contribution in [2.24, 2.45) is 10.9 Å². The predicted molar refractivity (Wildman–Crippen MR) is 136 cm³/mol. The van der Waals surface area contributed by atoms with Gasteiger partial charge in [-0.3, -0.25) is 19.3 Å². The number of nitrogens with two attached hydrogens (primary N) is 2. The lowest BCUT2D eigenvalue weighted by molar-refractivity contribution is -0.893. The Bertz CT molecular complexity index is 1210. The van der Waals surface area contributed by atoms with Crippen LogP contribution >= 0.6 is 23.1 Å². The van der Waals surface area contributed by atoms with Gasteiger partial charge in [0.15, 0.2) is 10.8 Å². The third kappa shape index (κ3) is 6.18. The quantitative estimate of drug-likeness (QED) is 0.0670. The summed E-state index contributed by atoms with van der Waals surface area (Å²) in [5.41, 5.74) is 11.1. The summed E-state index contributed by atoms with van der Waals surface area (Å²) in [6.45, 7) is 4.86. The van der Waals surface area contributed by atoms with E-state index in [2.05, 4.69) is 22.0 Å². The Hall–Kier alpha value is -3.69. The number of amides is 3. The number of carboxylic acids is 1. The van der Waals surface area contributed by atoms with Crippen LogP contribution in [0.25, 0.3) is 0 Å². The highest BCUT2D eigenvalue weighted by atomic mass is 32.2. The second kappa shape index (κ2) is 11.6. The van der Waals surface area contributed by atoms with Crippen molar-refractivity contribution in [2.45, 2.75) is 11.4 Å². The molecular formula is C22H27N7O6S2. The Morgan fingerprint density at radius 2 is 2.16 bits per heavy atom. The number of aliphatic carboxylic acids is 1. The molecule has 0 radical (unpaired) electrons. The van der Waals surface area contributed by atoms with E-state index in [1.54, 1.807) is 12.2 Å². The zero-order chi connectivity index (χ0) is 27.3. The Morgan fingerprint density at radius 3 is 2.73 bits per heavy atom. The molecule has 5 N–H and O–H groups in total. The summed E-state index contributed by atoms with van der Waals surface area (Å²) in [5.74, 6) is -3.10. The fraction of sp³-hybridized carbons (Fsp3) is 0.364. The molecule has 13 nitrogen and oxygen atoms in total. The van der Waals surface area contributed by atoms with Crippen LogP contribution in [0, 0.1) is 0 Å². The van der Waals surface area contributed by atoms with Gasteiger partial charge in [-0.1, -0.05) is 11.7 Å². The molecule has 0 spiro atoms. The number of anilines is 1. The second-order valence-electron chi connectivity index (χ2n) is 8.53. The lowest BCUT2D eigenvalue weighted by Crippen LogP contribution is -2.71. The Labute approximate surface area is 221 Å². The number of thioether (sulfide) groups is 1. The van der Waals surface area contributed by atoms with E-state index in [-0.39, 0.29) is 34.5 Å². The molecule has 0 aromatic carbocycles. The smallest absolute Gasteiger partial charge is 0.276 e. The van der Waals surface area contributed by atoms with Gasteiger partial charge in [-0.05, 0) is 12.2 Å². The largest absolute Gasteiger partial charge is 0.543 e. The zero-order valence-electron chi connectivity index (χ0n) is 20.2. The topological polar surface area (TPSA) is 193 Å². The molecule has 0 aliphatic carbocycles. The van der Waals surface area contributed by atoms with E-state index < -0.39 is 35.1 Å². The number of primary amides is 1. The van der Waals surface area contributed by atoms with Crippen LogP contribution in [0.5, 0.6) is 0 Å². The summed E-state index contributed by atoms with van der Waals surface area (Å²) in [4.78, 5) is 59.0. The normalized spacial score (nSPS) is 21.2. The average molecular weight is 550 g/mol. The van der Waals surface area contributed by atoms with Crippen molar-refractivity contribution in [3.05, 3.63) is 47.2 Å². The van der Waals surface area contributed by atoms with Crippen molar-refractivity contribution >= 4 is 57.6 Å². The molecule has 2 aliphatic heterocycles. The van der Waals surface area contributed by atoms with Gasteiger partial charge in [0, 0.05) is 22.8 Å². The lowest BCUT2D eigenvalue weighted by atomic mass is 10.0. The third-order valence-corrected chi connectivity index (χ3v) is 7.67. The van der Waals surface area contributed by atoms with Gasteiger partial charge in [0.1, 0.15) is 30.8 Å². The molecule has 1 fully saturated rings. The zero-order valence-corrected chi connectivity index (χ0v) is 21.8. The van der Waals surface area contributed by atoms with Gasteiger partial charge < -0.3 is 36.0 Å². The monoisotopic (exact) mass is 549 g/mol. The Kier molecular flexibility index (Phi) is 8.73. The minimum atomic E-state index is -1.49. The van der Waals surface area contributed by atoms with Gasteiger partial charge in [0.25, 0.3) is 11.8 Å². The van der Waals surface area contributed by atoms with Crippen LogP contribution in [-0.2, 0) is 24.0 Å². The number of quaternary nitrogens is 1. The number of nitrogen functional groups attached to an aromatic ring is 1. The third-order valence-electron chi connectivity index (χ3n) is 5.66. The van der Waals surface area contributed by atoms with Gasteiger partial charge >= 0.3 is 0 Å². The highest BCUT2D eigenvalue weighted by molar-refractivity contribution is 8.00. The number of aromatic nitrogens is 1. The number of hydrogen-bond donors (Lipinski definition) is 3. The number of oxime groups is 1. The van der Waals surface area contributed by atoms with Crippen LogP contribution in [0.15, 0.2) is 46.6 Å². The first-order valence-electron chi connectivity index (χ1n) is 10.9. The first-order chi connectivity index (χ1) is 17.5. The molecule has 15 heteroatoms. The molecule has 3 atom stereocenters. The maximum absolute atomic E-state index is 13.0. The fourth-order valence-corrected chi connectivity index (χ4v) is 5.98. The maximum Gasteiger partial charge on any atom is 0.276 e. The number of carbonyl (C=O) groups excluding carboxylic acids is 4. The summed E-state index contributed by atoms with van der Waals surface area (Å²) in [5, 5.41) is 19.5. The summed E-state index contributed by atoms with van der Waals surface area (Å²) in [7, 11) is 3.13. The molecule has 1 unspecified atom stereocenters. The number of likely N-dealkylation sites (N-methyl/N-ethyl adjacent to an activating group) is 1. The number of hydrogen-bond acceptors (Lipinski definition) is 11. The molecule has 198 valence electrons. The van der Waals surface area contributed by atoms with E-state index in [0.717, 1.165) is 16.2 Å². The maximum atomic E-state index is 13.0. The standard InChI is InChI=1S/C22H27N7O6S2/c1-4-7-29(2,8-5-6-14(23)30)9-12-10-36-20-16(19(32)28(20)17(12)21(33)34)26-18(31)15(27-35-3)13-11-37-22(24)25-13/h4-6,11,16,20H,1,7-10H2,2-3H3,(H5-,23,24,25,26,30,31,33,34)/b6-5+,27-15-/t16-,20-,29?/m1/s1. The van der Waals surface area contributed by atoms with E-state index in [0.29, 0.717) is 23.1 Å². The molecule has 37 heavy (non-hydrogen) atoms. The van der Waals surface area contributed by atoms with Crippen molar-refractivity contribution in [1.29, 1.82) is 0 Å². The van der Waals surface area contributed by atoms with Crippen molar-refractivity contribution in [1.82, 2.24) is 15.2 Å². The number of thiazole rings is 1. The number of carboxylic acid groups (broad SMARTS) is 1. The van der Waals surface area contributed by atoms with Crippen molar-refractivity contribution in [3.63, 3.8) is 0 Å². The molecular weight excluding hydrogens is 522 g/mol. The fourth-order valence-electron chi connectivity index (χ4n) is 4.09. The minimum Gasteiger partial charge on any atom is -0.543 e. The van der Waals surface area contributed by atoms with Gasteiger partial charge in [-0.25, -0.2) is 4.98 Å². The first-order valence-corrected chi connectivity index (χ1v) is 12.9. The highest BCUT2D eigenvalue weighted by Crippen LogP contribution is 2.40. The van der Waals surface area contributed by atoms with Crippen LogP contribution in [-0.4, -0.2) is 94.7 Å². The summed E-state index contributed by atoms with van der Waals surface area (Å²) >= 11 is 2.43. The molecule has 3 amide bonds. The Balaban J connectivity index is 1.81. The van der Waals surface area contributed by atoms with Gasteiger partial charge in [-0.15, -0.1) is 23.1 Å². The van der Waals surface area contributed by atoms with E-state index >= 15 is 0 Å². The van der Waals surface area contributed by atoms with Crippen molar-refractivity contribution in [3.8, 4) is 0 Å². The molecule has 2 aliphatic rings. The van der Waals surface area contributed by atoms with Crippen molar-refractivity contribution in [2.75, 3.05) is 45.3 Å². The Morgan fingerprint density at radius 1 is 1.43 bits per heavy atom. The average Bonchev–Trinajstić information content (AvgIpc) is 3.25. The van der Waals surface area contributed by atoms with Gasteiger partial charge in [0.05, 0.1) is 31.8 Å². The highest BCUT2D eigenvalue weighted by Gasteiger charge is 2.53. The van der Waals surface area contributed by atoms with Gasteiger partial charge in [0.2, 0.25) is 5.91 Å². The first kappa shape index (κ1) is 27.9. The predicted octanol–water partition coefficient (Wildman–Crippen LogP) is -1.85. The molecule has 0 saturated carbocycles. The van der Waals surface area contributed by atoms with Crippen LogP contribution in [0.2, 0.25) is 0 Å². The van der Waals surface area contributed by atoms with E-state index in [1.807, 2.05) is 7.05 Å². The van der Waals surface area contributed by atoms with E-state index in [9.17, 15) is 24.3 Å². The number of β-lactam (4-membered cyclic amide) rings is 1. The van der Waals surface area contributed by atoms with Gasteiger partial charge in [-0.2, -0.15) is 0 Å². The molecule has 3 rings (SSSR count). The van der Waals surface area contributed by atoms with Crippen LogP contribution in [0.1, 0.15) is 5.69 Å². The number of nitrogens with zero attached hydrogens (tertiary/aromatic N) is 4. The molecule has 1 saturated heterocycles. The number of carbonyl (C=O) groups is 4. The van der Waals surface area contributed by atoms with Crippen LogP contribution in [0.3, 0.4) is 0 Å². The lowest BCUT2D eigenvalue weighted by Gasteiger charge is -2.51. The van der Waals surface area contributed by atoms with Crippen molar-refractivity contribution < 1.29 is 33.6 Å². The molecule has 3 heterocycles. The van der Waals surface area contributed by atoms with Crippen LogP contribution < -0.4 is 21.9 Å². The summed E-state index contributed by atoms with van der Waals surface area (Å²) < 4.78 is 0.292. The molecule has 1 aromatic rings. The summed E-state index contributed by atoms with van der Waals surface area (Å²) in [6, 6.07) is -0.987. The van der Waals surface area contributed by atoms with Crippen LogP contribution in [0.4, 0.5) is 5.13 Å². The molecule has 0 bridgehead atoms. The minimum absolute atomic E-state index is 0.166. The second-order valence-corrected chi connectivity index (χ2v) is 10.5. The van der Waals surface area contributed by atoms with E-state index in [4.69, 9.17) is 16.3 Å². The number of rotatable bonds is 12. The summed E-state index contributed by atoms with van der Waals surface area (Å²) in [6.07, 6.45) is 4.54. The molecule has 1 aromatic heterocycles. The number of fused-ring (bicyclic) bond motifs is 1.